The van der Waals surface area contributed by atoms with E-state index in [9.17, 15) is 0 Å². The Balaban J connectivity index is 0. The SMILES string of the molecule is C=CCc1ccccc1.O.O=S(=O)(O)O. The van der Waals surface area contributed by atoms with E-state index in [-0.39, 0.29) is 5.48 Å². The van der Waals surface area contributed by atoms with Crippen molar-refractivity contribution >= 4 is 10.4 Å². The van der Waals surface area contributed by atoms with Gasteiger partial charge in [-0.1, -0.05) is 36.4 Å². The summed E-state index contributed by atoms with van der Waals surface area (Å²) in [5.74, 6) is 0. The van der Waals surface area contributed by atoms with Gasteiger partial charge in [0.05, 0.1) is 0 Å². The van der Waals surface area contributed by atoms with Crippen LogP contribution in [0.4, 0.5) is 0 Å². The van der Waals surface area contributed by atoms with Crippen molar-refractivity contribution in [1.29, 1.82) is 0 Å². The molecule has 0 aliphatic heterocycles. The minimum atomic E-state index is -4.67. The molecule has 1 aromatic rings. The molecule has 0 atom stereocenters. The van der Waals surface area contributed by atoms with Crippen molar-refractivity contribution in [3.63, 3.8) is 0 Å². The third kappa shape index (κ3) is 15.5. The number of hydrogen-bond acceptors (Lipinski definition) is 2. The lowest BCUT2D eigenvalue weighted by Crippen LogP contribution is -1.89. The number of benzene rings is 1. The topological polar surface area (TPSA) is 106 Å². The van der Waals surface area contributed by atoms with Crippen LogP contribution < -0.4 is 0 Å². The van der Waals surface area contributed by atoms with Gasteiger partial charge in [0.2, 0.25) is 0 Å². The zero-order valence-corrected chi connectivity index (χ0v) is 8.81. The van der Waals surface area contributed by atoms with Crippen molar-refractivity contribution in [1.82, 2.24) is 0 Å². The second-order valence-corrected chi connectivity index (χ2v) is 3.32. The Kier molecular flexibility index (Phi) is 8.79. The minimum absolute atomic E-state index is 0. The highest BCUT2D eigenvalue weighted by Gasteiger charge is 1.84. The Hall–Kier alpha value is -1.21. The van der Waals surface area contributed by atoms with E-state index < -0.39 is 10.4 Å². The lowest BCUT2D eigenvalue weighted by Gasteiger charge is -1.91. The molecule has 0 unspecified atom stereocenters. The molecule has 0 aromatic heterocycles. The maximum atomic E-state index is 8.74. The van der Waals surface area contributed by atoms with Gasteiger partial charge in [0.1, 0.15) is 0 Å². The van der Waals surface area contributed by atoms with Gasteiger partial charge >= 0.3 is 10.4 Å². The van der Waals surface area contributed by atoms with Gasteiger partial charge in [-0.05, 0) is 12.0 Å². The van der Waals surface area contributed by atoms with Crippen molar-refractivity contribution < 1.29 is 23.0 Å². The fourth-order valence-electron chi connectivity index (χ4n) is 0.781. The van der Waals surface area contributed by atoms with E-state index in [0.717, 1.165) is 6.42 Å². The van der Waals surface area contributed by atoms with Crippen molar-refractivity contribution in [3.05, 3.63) is 48.6 Å². The van der Waals surface area contributed by atoms with E-state index in [0.29, 0.717) is 0 Å². The summed E-state index contributed by atoms with van der Waals surface area (Å²) in [6.45, 7) is 3.66. The molecule has 0 amide bonds. The largest absolute Gasteiger partial charge is 0.412 e. The van der Waals surface area contributed by atoms with Crippen molar-refractivity contribution in [2.75, 3.05) is 0 Å². The van der Waals surface area contributed by atoms with E-state index in [2.05, 4.69) is 18.7 Å². The number of hydrogen-bond donors (Lipinski definition) is 2. The molecule has 0 bridgehead atoms. The van der Waals surface area contributed by atoms with Crippen LogP contribution >= 0.6 is 0 Å². The first-order valence-electron chi connectivity index (χ1n) is 3.78. The fraction of sp³-hybridized carbons (Fsp3) is 0.111. The highest BCUT2D eigenvalue weighted by Crippen LogP contribution is 1.98. The second kappa shape index (κ2) is 8.13. The highest BCUT2D eigenvalue weighted by atomic mass is 32.3. The Morgan fingerprint density at radius 2 is 1.60 bits per heavy atom. The smallest absolute Gasteiger partial charge is 0.394 e. The molecule has 0 saturated carbocycles. The molecular weight excluding hydrogens is 220 g/mol. The number of rotatable bonds is 2. The van der Waals surface area contributed by atoms with Crippen LogP contribution in [0.3, 0.4) is 0 Å². The van der Waals surface area contributed by atoms with E-state index in [1.807, 2.05) is 24.3 Å². The average Bonchev–Trinajstić information content (AvgIpc) is 2.03. The Morgan fingerprint density at radius 1 is 1.20 bits per heavy atom. The van der Waals surface area contributed by atoms with Crippen molar-refractivity contribution in [2.24, 2.45) is 0 Å². The van der Waals surface area contributed by atoms with Crippen LogP contribution in [0.1, 0.15) is 5.56 Å². The molecule has 1 aromatic carbocycles. The summed E-state index contributed by atoms with van der Waals surface area (Å²) in [6.07, 6.45) is 2.89. The van der Waals surface area contributed by atoms with Gasteiger partial charge in [-0.2, -0.15) is 8.42 Å². The van der Waals surface area contributed by atoms with Gasteiger partial charge in [0.25, 0.3) is 0 Å². The fourth-order valence-corrected chi connectivity index (χ4v) is 0.781. The first-order valence-corrected chi connectivity index (χ1v) is 5.18. The van der Waals surface area contributed by atoms with Gasteiger partial charge in [-0.3, -0.25) is 9.11 Å². The van der Waals surface area contributed by atoms with Gasteiger partial charge in [0.15, 0.2) is 0 Å². The highest BCUT2D eigenvalue weighted by molar-refractivity contribution is 7.79. The van der Waals surface area contributed by atoms with Crippen LogP contribution in [-0.4, -0.2) is 23.0 Å². The van der Waals surface area contributed by atoms with E-state index >= 15 is 0 Å². The molecule has 0 radical (unpaired) electrons. The molecular formula is C9H14O5S. The second-order valence-electron chi connectivity index (χ2n) is 2.43. The first kappa shape index (κ1) is 16.2. The summed E-state index contributed by atoms with van der Waals surface area (Å²) in [4.78, 5) is 0. The molecule has 5 nitrogen and oxygen atoms in total. The zero-order chi connectivity index (χ0) is 11.0. The molecule has 1 rings (SSSR count). The molecule has 0 aliphatic rings. The molecule has 0 saturated heterocycles. The van der Waals surface area contributed by atoms with Crippen LogP contribution in [0.15, 0.2) is 43.0 Å². The molecule has 0 aliphatic carbocycles. The summed E-state index contributed by atoms with van der Waals surface area (Å²) in [7, 11) is -4.67. The van der Waals surface area contributed by atoms with E-state index in [1.54, 1.807) is 0 Å². The minimum Gasteiger partial charge on any atom is -0.412 e. The maximum Gasteiger partial charge on any atom is 0.394 e. The molecule has 15 heavy (non-hydrogen) atoms. The normalized spacial score (nSPS) is 9.20. The Morgan fingerprint density at radius 3 is 1.93 bits per heavy atom. The van der Waals surface area contributed by atoms with E-state index in [4.69, 9.17) is 17.5 Å². The summed E-state index contributed by atoms with van der Waals surface area (Å²) < 4.78 is 31.6. The molecule has 0 heterocycles. The van der Waals surface area contributed by atoms with Gasteiger partial charge in [0, 0.05) is 0 Å². The Labute approximate surface area is 89.0 Å². The summed E-state index contributed by atoms with van der Waals surface area (Å²) in [5, 5.41) is 0. The summed E-state index contributed by atoms with van der Waals surface area (Å²) in [5.41, 5.74) is 1.33. The van der Waals surface area contributed by atoms with Crippen molar-refractivity contribution in [3.8, 4) is 0 Å². The standard InChI is InChI=1S/C9H10.H2O4S.H2O/c1-2-6-9-7-4-3-5-8-9;1-5(2,3)4;/h2-5,7-8H,1,6H2;(H2,1,2,3,4);1H2. The van der Waals surface area contributed by atoms with Crippen LogP contribution in [0, 0.1) is 0 Å². The van der Waals surface area contributed by atoms with Gasteiger partial charge in [-0.15, -0.1) is 6.58 Å². The van der Waals surface area contributed by atoms with E-state index in [1.165, 1.54) is 5.56 Å². The molecule has 0 fully saturated rings. The predicted octanol–water partition coefficient (Wildman–Crippen LogP) is 0.938. The van der Waals surface area contributed by atoms with Crippen molar-refractivity contribution in [2.45, 2.75) is 6.42 Å². The monoisotopic (exact) mass is 234 g/mol. The lowest BCUT2D eigenvalue weighted by atomic mass is 10.2. The maximum absolute atomic E-state index is 8.74. The molecule has 86 valence electrons. The third-order valence-corrected chi connectivity index (χ3v) is 1.22. The quantitative estimate of drug-likeness (QED) is 0.586. The lowest BCUT2D eigenvalue weighted by molar-refractivity contribution is 0.381. The van der Waals surface area contributed by atoms with Crippen LogP contribution in [0.25, 0.3) is 0 Å². The van der Waals surface area contributed by atoms with Crippen LogP contribution in [0.2, 0.25) is 0 Å². The first-order chi connectivity index (χ1) is 6.43. The molecule has 0 spiro atoms. The zero-order valence-electron chi connectivity index (χ0n) is 8.00. The molecule has 6 heteroatoms. The third-order valence-electron chi connectivity index (χ3n) is 1.22. The Bertz CT molecular complexity index is 349. The van der Waals surface area contributed by atoms with Gasteiger partial charge in [-0.25, -0.2) is 0 Å². The average molecular weight is 234 g/mol. The molecule has 4 N–H and O–H groups in total. The summed E-state index contributed by atoms with van der Waals surface area (Å²) in [6, 6.07) is 10.3. The number of allylic oxidation sites excluding steroid dienone is 1. The van der Waals surface area contributed by atoms with Crippen LogP contribution in [-0.2, 0) is 16.8 Å². The van der Waals surface area contributed by atoms with Gasteiger partial charge < -0.3 is 5.48 Å². The van der Waals surface area contributed by atoms with Crippen LogP contribution in [0.5, 0.6) is 0 Å². The summed E-state index contributed by atoms with van der Waals surface area (Å²) >= 11 is 0. The predicted molar refractivity (Wildman–Crippen MR) is 58.1 cm³/mol.